The van der Waals surface area contributed by atoms with Crippen LogP contribution in [-0.2, 0) is 9.94 Å². The van der Waals surface area contributed by atoms with E-state index in [-0.39, 0.29) is 22.3 Å². The first-order chi connectivity index (χ1) is 11.9. The van der Waals surface area contributed by atoms with Crippen LogP contribution in [0.2, 0.25) is 0 Å². The van der Waals surface area contributed by atoms with E-state index in [1.54, 1.807) is 24.3 Å². The molecule has 0 radical (unpaired) electrons. The van der Waals surface area contributed by atoms with Gasteiger partial charge in [-0.2, -0.15) is 0 Å². The van der Waals surface area contributed by atoms with Crippen LogP contribution in [0.5, 0.6) is 11.5 Å². The van der Waals surface area contributed by atoms with Crippen LogP contribution in [0.4, 0.5) is 0 Å². The quantitative estimate of drug-likeness (QED) is 0.578. The highest BCUT2D eigenvalue weighted by Crippen LogP contribution is 2.33. The number of benzene rings is 2. The maximum Gasteiger partial charge on any atom is 0.327 e. The Kier molecular flexibility index (Phi) is 8.04. The molecule has 5 nitrogen and oxygen atoms in total. The Hall–Kier alpha value is -1.65. The second-order valence-corrected chi connectivity index (χ2v) is 8.57. The van der Waals surface area contributed by atoms with Crippen molar-refractivity contribution in [1.82, 2.24) is 0 Å². The van der Waals surface area contributed by atoms with Gasteiger partial charge in [-0.05, 0) is 40.8 Å². The monoisotopic (exact) mass is 380 g/mol. The molecule has 144 valence electrons. The Morgan fingerprint density at radius 1 is 0.731 bits per heavy atom. The minimum Gasteiger partial charge on any atom is -0.508 e. The van der Waals surface area contributed by atoms with Crippen molar-refractivity contribution in [2.45, 2.75) is 40.0 Å². The van der Waals surface area contributed by atoms with Gasteiger partial charge < -0.3 is 24.5 Å². The average molecular weight is 380 g/mol. The third-order valence-corrected chi connectivity index (χ3v) is 4.15. The lowest BCUT2D eigenvalue weighted by atomic mass is 9.78. The lowest BCUT2D eigenvalue weighted by Gasteiger charge is -2.26. The maximum atomic E-state index is 9.30. The summed E-state index contributed by atoms with van der Waals surface area (Å²) in [5.74, 6) is 0.547. The fourth-order valence-corrected chi connectivity index (χ4v) is 2.68. The molecule has 2 aromatic rings. The lowest BCUT2D eigenvalue weighted by molar-refractivity contribution is 0.172. The molecular formula is C20H29O5P. The van der Waals surface area contributed by atoms with Crippen LogP contribution in [0.25, 0.3) is 0 Å². The van der Waals surface area contributed by atoms with Crippen LogP contribution in [0.15, 0.2) is 48.5 Å². The van der Waals surface area contributed by atoms with E-state index >= 15 is 0 Å². The Labute approximate surface area is 156 Å². The summed E-state index contributed by atoms with van der Waals surface area (Å²) in [6, 6.07) is 14.4. The largest absolute Gasteiger partial charge is 0.508 e. The van der Waals surface area contributed by atoms with Crippen LogP contribution in [-0.4, -0.2) is 26.6 Å². The van der Waals surface area contributed by atoms with Gasteiger partial charge in [0.15, 0.2) is 0 Å². The molecule has 0 saturated carbocycles. The first kappa shape index (κ1) is 22.4. The van der Waals surface area contributed by atoms with Crippen molar-refractivity contribution in [2.24, 2.45) is 5.41 Å². The van der Waals surface area contributed by atoms with E-state index in [1.807, 2.05) is 45.0 Å². The predicted molar refractivity (Wildman–Crippen MR) is 105 cm³/mol. The Morgan fingerprint density at radius 2 is 1.08 bits per heavy atom. The summed E-state index contributed by atoms with van der Waals surface area (Å²) < 4.78 is 4.58. The fraction of sp³-hybridized carbons (Fsp3) is 0.400. The summed E-state index contributed by atoms with van der Waals surface area (Å²) >= 11 is 0. The fourth-order valence-electron chi connectivity index (χ4n) is 2.17. The molecule has 0 saturated heterocycles. The minimum atomic E-state index is -2.16. The highest BCUT2D eigenvalue weighted by Gasteiger charge is 2.22. The number of hydrogen-bond donors (Lipinski definition) is 4. The number of phenols is 2. The Balaban J connectivity index is 0.000000321. The molecule has 0 heterocycles. The van der Waals surface area contributed by atoms with Gasteiger partial charge in [0, 0.05) is 5.41 Å². The lowest BCUT2D eigenvalue weighted by Crippen LogP contribution is -2.18. The summed E-state index contributed by atoms with van der Waals surface area (Å²) in [6.45, 7) is 10.5. The van der Waals surface area contributed by atoms with Crippen molar-refractivity contribution in [3.8, 4) is 11.5 Å². The SMILES string of the molecule is CC(C)(C)COP(O)O.CC(C)(c1ccc(O)cc1)c1ccc(O)cc1. The van der Waals surface area contributed by atoms with Gasteiger partial charge in [-0.3, -0.25) is 0 Å². The van der Waals surface area contributed by atoms with Crippen molar-refractivity contribution in [3.05, 3.63) is 59.7 Å². The van der Waals surface area contributed by atoms with Gasteiger partial charge in [0.25, 0.3) is 0 Å². The molecule has 0 aliphatic carbocycles. The third-order valence-electron chi connectivity index (χ3n) is 3.79. The Bertz CT molecular complexity index is 611. The number of hydrogen-bond acceptors (Lipinski definition) is 5. The molecule has 0 fully saturated rings. The number of aromatic hydroxyl groups is 2. The zero-order valence-electron chi connectivity index (χ0n) is 16.0. The second kappa shape index (κ2) is 9.33. The summed E-state index contributed by atoms with van der Waals surface area (Å²) in [6.07, 6.45) is 0. The van der Waals surface area contributed by atoms with Gasteiger partial charge in [-0.1, -0.05) is 58.9 Å². The van der Waals surface area contributed by atoms with E-state index < -0.39 is 8.60 Å². The molecule has 0 atom stereocenters. The van der Waals surface area contributed by atoms with Gasteiger partial charge in [-0.15, -0.1) is 0 Å². The predicted octanol–water partition coefficient (Wildman–Crippen LogP) is 4.68. The Morgan fingerprint density at radius 3 is 1.31 bits per heavy atom. The molecule has 0 amide bonds. The van der Waals surface area contributed by atoms with Crippen molar-refractivity contribution in [2.75, 3.05) is 6.61 Å². The topological polar surface area (TPSA) is 90.2 Å². The molecule has 0 bridgehead atoms. The highest BCUT2D eigenvalue weighted by molar-refractivity contribution is 7.39. The molecule has 0 aromatic heterocycles. The van der Waals surface area contributed by atoms with Gasteiger partial charge in [-0.25, -0.2) is 0 Å². The molecule has 2 aromatic carbocycles. The van der Waals surface area contributed by atoms with Crippen LogP contribution in [0.1, 0.15) is 45.7 Å². The first-order valence-electron chi connectivity index (χ1n) is 8.31. The normalized spacial score (nSPS) is 11.8. The van der Waals surface area contributed by atoms with E-state index in [0.717, 1.165) is 11.1 Å². The molecule has 4 N–H and O–H groups in total. The molecular weight excluding hydrogens is 351 g/mol. The molecule has 26 heavy (non-hydrogen) atoms. The molecule has 0 unspecified atom stereocenters. The van der Waals surface area contributed by atoms with Crippen molar-refractivity contribution < 1.29 is 24.5 Å². The zero-order chi connectivity index (χ0) is 20.0. The maximum absolute atomic E-state index is 9.30. The molecule has 0 spiro atoms. The van der Waals surface area contributed by atoms with Crippen LogP contribution in [0.3, 0.4) is 0 Å². The van der Waals surface area contributed by atoms with Gasteiger partial charge in [0.1, 0.15) is 11.5 Å². The van der Waals surface area contributed by atoms with E-state index in [9.17, 15) is 10.2 Å². The van der Waals surface area contributed by atoms with Crippen molar-refractivity contribution in [1.29, 1.82) is 0 Å². The standard InChI is InChI=1S/C15H16O2.C5H13O3P/c1-15(2,11-3-7-13(16)8-4-11)12-5-9-14(17)10-6-12;1-5(2,3)4-8-9(6)7/h3-10,16-17H,1-2H3;6-7H,4H2,1-3H3. The smallest absolute Gasteiger partial charge is 0.327 e. The van der Waals surface area contributed by atoms with Crippen molar-refractivity contribution >= 4 is 8.60 Å². The van der Waals surface area contributed by atoms with Crippen molar-refractivity contribution in [3.63, 3.8) is 0 Å². The van der Waals surface area contributed by atoms with Crippen LogP contribution < -0.4 is 0 Å². The van der Waals surface area contributed by atoms with E-state index in [1.165, 1.54) is 0 Å². The molecule has 6 heteroatoms. The molecule has 0 aliphatic rings. The third kappa shape index (κ3) is 7.71. The summed E-state index contributed by atoms with van der Waals surface area (Å²) in [5.41, 5.74) is 2.11. The first-order valence-corrected chi connectivity index (χ1v) is 9.48. The van der Waals surface area contributed by atoms with E-state index in [2.05, 4.69) is 18.4 Å². The van der Waals surface area contributed by atoms with Gasteiger partial charge >= 0.3 is 8.60 Å². The summed E-state index contributed by atoms with van der Waals surface area (Å²) in [7, 11) is -2.16. The second-order valence-electron chi connectivity index (χ2n) is 7.81. The van der Waals surface area contributed by atoms with Gasteiger partial charge in [0.2, 0.25) is 0 Å². The number of phenolic OH excluding ortho intramolecular Hbond substituents is 2. The number of rotatable bonds is 4. The van der Waals surface area contributed by atoms with Crippen LogP contribution in [0, 0.1) is 5.41 Å². The van der Waals surface area contributed by atoms with Gasteiger partial charge in [0.05, 0.1) is 6.61 Å². The average Bonchev–Trinajstić information content (AvgIpc) is 2.54. The highest BCUT2D eigenvalue weighted by atomic mass is 31.2. The summed E-state index contributed by atoms with van der Waals surface area (Å²) in [5, 5.41) is 18.6. The van der Waals surface area contributed by atoms with E-state index in [0.29, 0.717) is 6.61 Å². The molecule has 2 rings (SSSR count). The zero-order valence-corrected chi connectivity index (χ0v) is 16.9. The molecule has 0 aliphatic heterocycles. The summed E-state index contributed by atoms with van der Waals surface area (Å²) in [4.78, 5) is 16.6. The minimum absolute atomic E-state index is 0.00600. The van der Waals surface area contributed by atoms with E-state index in [4.69, 9.17) is 9.79 Å². The van der Waals surface area contributed by atoms with Crippen LogP contribution >= 0.6 is 8.60 Å².